The molecule has 0 fully saturated rings. The average Bonchev–Trinajstić information content (AvgIpc) is 2.77. The van der Waals surface area contributed by atoms with Crippen molar-refractivity contribution in [1.82, 2.24) is 15.3 Å². The summed E-state index contributed by atoms with van der Waals surface area (Å²) in [7, 11) is 0. The molecule has 0 amide bonds. The lowest BCUT2D eigenvalue weighted by Gasteiger charge is -2.01. The lowest BCUT2D eigenvalue weighted by atomic mass is 10.3. The second-order valence-electron chi connectivity index (χ2n) is 3.74. The van der Waals surface area contributed by atoms with Crippen LogP contribution in [0.2, 0.25) is 0 Å². The molecule has 0 saturated carbocycles. The molecular formula is C12H13N3O2S. The monoisotopic (exact) mass is 263 g/mol. The average molecular weight is 263 g/mol. The number of rotatable bonds is 6. The predicted octanol–water partition coefficient (Wildman–Crippen LogP) is 1.46. The van der Waals surface area contributed by atoms with Crippen LogP contribution in [0.4, 0.5) is 0 Å². The maximum atomic E-state index is 10.6. The minimum absolute atomic E-state index is 0.0938. The van der Waals surface area contributed by atoms with Crippen LogP contribution in [-0.2, 0) is 24.3 Å². The molecule has 2 aromatic heterocycles. The normalized spacial score (nSPS) is 10.4. The van der Waals surface area contributed by atoms with Crippen LogP contribution in [0.25, 0.3) is 0 Å². The summed E-state index contributed by atoms with van der Waals surface area (Å²) in [4.78, 5) is 20.5. The molecule has 6 heteroatoms. The highest BCUT2D eigenvalue weighted by atomic mass is 32.1. The molecule has 0 spiro atoms. The second kappa shape index (κ2) is 6.23. The highest BCUT2D eigenvalue weighted by Crippen LogP contribution is 2.16. The van der Waals surface area contributed by atoms with E-state index in [0.29, 0.717) is 13.1 Å². The Morgan fingerprint density at radius 3 is 2.83 bits per heavy atom. The topological polar surface area (TPSA) is 75.1 Å². The van der Waals surface area contributed by atoms with Gasteiger partial charge in [-0.2, -0.15) is 0 Å². The molecule has 5 nitrogen and oxygen atoms in total. The van der Waals surface area contributed by atoms with Gasteiger partial charge in [0.05, 0.1) is 12.1 Å². The molecule has 0 aliphatic heterocycles. The third-order valence-electron chi connectivity index (χ3n) is 2.29. The molecule has 0 bridgehead atoms. The molecule has 0 atom stereocenters. The summed E-state index contributed by atoms with van der Waals surface area (Å²) in [6.45, 7) is 1.39. The third kappa shape index (κ3) is 3.90. The lowest BCUT2D eigenvalue weighted by molar-refractivity contribution is -0.136. The van der Waals surface area contributed by atoms with Crippen molar-refractivity contribution in [2.75, 3.05) is 0 Å². The van der Waals surface area contributed by atoms with Crippen molar-refractivity contribution >= 4 is 17.3 Å². The molecule has 0 aromatic carbocycles. The zero-order valence-corrected chi connectivity index (χ0v) is 10.5. The maximum Gasteiger partial charge on any atom is 0.308 e. The van der Waals surface area contributed by atoms with E-state index in [4.69, 9.17) is 5.11 Å². The number of hydrogen-bond acceptors (Lipinski definition) is 5. The van der Waals surface area contributed by atoms with Crippen molar-refractivity contribution in [1.29, 1.82) is 0 Å². The van der Waals surface area contributed by atoms with Gasteiger partial charge in [0.25, 0.3) is 0 Å². The van der Waals surface area contributed by atoms with Crippen molar-refractivity contribution < 1.29 is 9.90 Å². The molecule has 0 saturated heterocycles. The number of carbonyl (C=O) groups is 1. The van der Waals surface area contributed by atoms with E-state index in [1.54, 1.807) is 6.20 Å². The number of aliphatic carboxylic acids is 1. The first-order valence-electron chi connectivity index (χ1n) is 5.49. The van der Waals surface area contributed by atoms with Crippen molar-refractivity contribution in [2.45, 2.75) is 19.5 Å². The van der Waals surface area contributed by atoms with E-state index in [0.717, 1.165) is 15.4 Å². The van der Waals surface area contributed by atoms with Crippen molar-refractivity contribution in [3.05, 3.63) is 46.2 Å². The van der Waals surface area contributed by atoms with Crippen LogP contribution in [0, 0.1) is 0 Å². The second-order valence-corrected chi connectivity index (χ2v) is 5.00. The largest absolute Gasteiger partial charge is 0.481 e. The standard InChI is InChI=1S/C12H13N3O2S/c16-12(17)5-10-1-2-11(18-10)7-14-6-9-3-4-13-8-15-9/h1-4,8,14H,5-7H2,(H,16,17). The summed E-state index contributed by atoms with van der Waals surface area (Å²) >= 11 is 1.52. The molecule has 0 unspecified atom stereocenters. The van der Waals surface area contributed by atoms with Gasteiger partial charge in [-0.25, -0.2) is 9.97 Å². The van der Waals surface area contributed by atoms with Crippen LogP contribution >= 0.6 is 11.3 Å². The number of aromatic nitrogens is 2. The molecule has 0 aliphatic carbocycles. The number of nitrogens with zero attached hydrogens (tertiary/aromatic N) is 2. The van der Waals surface area contributed by atoms with E-state index in [9.17, 15) is 4.79 Å². The molecule has 0 radical (unpaired) electrons. The Morgan fingerprint density at radius 2 is 2.11 bits per heavy atom. The van der Waals surface area contributed by atoms with Gasteiger partial charge in [-0.15, -0.1) is 11.3 Å². The van der Waals surface area contributed by atoms with Gasteiger partial charge in [0.2, 0.25) is 0 Å². The Bertz CT molecular complexity index is 513. The Balaban J connectivity index is 1.80. The van der Waals surface area contributed by atoms with E-state index in [2.05, 4.69) is 15.3 Å². The minimum atomic E-state index is -0.794. The zero-order valence-electron chi connectivity index (χ0n) is 9.67. The van der Waals surface area contributed by atoms with Gasteiger partial charge in [-0.05, 0) is 18.2 Å². The summed E-state index contributed by atoms with van der Waals surface area (Å²) < 4.78 is 0. The van der Waals surface area contributed by atoms with Gasteiger partial charge in [0.15, 0.2) is 0 Å². The van der Waals surface area contributed by atoms with Crippen molar-refractivity contribution in [3.63, 3.8) is 0 Å². The predicted molar refractivity (Wildman–Crippen MR) is 68.2 cm³/mol. The fourth-order valence-electron chi connectivity index (χ4n) is 1.50. The highest BCUT2D eigenvalue weighted by Gasteiger charge is 2.04. The van der Waals surface area contributed by atoms with Crippen LogP contribution in [0.5, 0.6) is 0 Å². The van der Waals surface area contributed by atoms with Gasteiger partial charge in [0.1, 0.15) is 6.33 Å². The molecule has 2 heterocycles. The maximum absolute atomic E-state index is 10.6. The molecule has 94 valence electrons. The molecular weight excluding hydrogens is 250 g/mol. The first-order chi connectivity index (χ1) is 8.74. The zero-order chi connectivity index (χ0) is 12.8. The molecule has 18 heavy (non-hydrogen) atoms. The number of nitrogens with one attached hydrogen (secondary N) is 1. The fraction of sp³-hybridized carbons (Fsp3) is 0.250. The number of thiophene rings is 1. The van der Waals surface area contributed by atoms with E-state index in [1.165, 1.54) is 17.7 Å². The highest BCUT2D eigenvalue weighted by molar-refractivity contribution is 7.12. The Morgan fingerprint density at radius 1 is 1.28 bits per heavy atom. The third-order valence-corrected chi connectivity index (χ3v) is 3.38. The van der Waals surface area contributed by atoms with Gasteiger partial charge < -0.3 is 10.4 Å². The van der Waals surface area contributed by atoms with Gasteiger partial charge >= 0.3 is 5.97 Å². The first kappa shape index (κ1) is 12.7. The van der Waals surface area contributed by atoms with E-state index in [1.807, 2.05) is 18.2 Å². The number of hydrogen-bond donors (Lipinski definition) is 2. The van der Waals surface area contributed by atoms with E-state index in [-0.39, 0.29) is 6.42 Å². The van der Waals surface area contributed by atoms with Crippen molar-refractivity contribution in [2.24, 2.45) is 0 Å². The van der Waals surface area contributed by atoms with Crippen LogP contribution in [0.1, 0.15) is 15.4 Å². The molecule has 2 aromatic rings. The Kier molecular flexibility index (Phi) is 4.38. The summed E-state index contributed by atoms with van der Waals surface area (Å²) in [5.41, 5.74) is 0.937. The van der Waals surface area contributed by atoms with Crippen molar-refractivity contribution in [3.8, 4) is 0 Å². The molecule has 0 aliphatic rings. The lowest BCUT2D eigenvalue weighted by Crippen LogP contribution is -2.12. The summed E-state index contributed by atoms with van der Waals surface area (Å²) in [6.07, 6.45) is 3.32. The van der Waals surface area contributed by atoms with Crippen LogP contribution in [0.3, 0.4) is 0 Å². The van der Waals surface area contributed by atoms with E-state index >= 15 is 0 Å². The number of carboxylic acid groups (broad SMARTS) is 1. The van der Waals surface area contributed by atoms with E-state index < -0.39 is 5.97 Å². The number of carboxylic acids is 1. The Labute approximate surface area is 109 Å². The van der Waals surface area contributed by atoms with Gasteiger partial charge in [-0.1, -0.05) is 0 Å². The first-order valence-corrected chi connectivity index (χ1v) is 6.30. The Hall–Kier alpha value is -1.79. The van der Waals surface area contributed by atoms with Gasteiger partial charge in [0, 0.05) is 29.0 Å². The SMILES string of the molecule is O=C(O)Cc1ccc(CNCc2ccncn2)s1. The fourth-order valence-corrected chi connectivity index (χ4v) is 2.48. The van der Waals surface area contributed by atoms with Crippen LogP contribution in [0.15, 0.2) is 30.7 Å². The summed E-state index contributed by atoms with van der Waals surface area (Å²) in [5, 5.41) is 11.9. The van der Waals surface area contributed by atoms with Crippen LogP contribution in [-0.4, -0.2) is 21.0 Å². The minimum Gasteiger partial charge on any atom is -0.481 e. The smallest absolute Gasteiger partial charge is 0.308 e. The summed E-state index contributed by atoms with van der Waals surface area (Å²) in [6, 6.07) is 5.67. The quantitative estimate of drug-likeness (QED) is 0.825. The van der Waals surface area contributed by atoms with Gasteiger partial charge in [-0.3, -0.25) is 4.79 Å². The molecule has 2 rings (SSSR count). The molecule has 2 N–H and O–H groups in total. The summed E-state index contributed by atoms with van der Waals surface area (Å²) in [5.74, 6) is -0.794. The van der Waals surface area contributed by atoms with Crippen LogP contribution < -0.4 is 5.32 Å².